The van der Waals surface area contributed by atoms with Crippen molar-refractivity contribution in [2.75, 3.05) is 6.54 Å². The Morgan fingerprint density at radius 1 is 1.14 bits per heavy atom. The van der Waals surface area contributed by atoms with Crippen LogP contribution in [-0.2, 0) is 9.59 Å². The van der Waals surface area contributed by atoms with Crippen LogP contribution in [0, 0.1) is 11.8 Å². The van der Waals surface area contributed by atoms with Crippen LogP contribution in [0.2, 0.25) is 10.0 Å². The van der Waals surface area contributed by atoms with Gasteiger partial charge in [-0.3, -0.25) is 14.5 Å². The fourth-order valence-corrected chi connectivity index (χ4v) is 3.51. The molecule has 2 aliphatic rings. The summed E-state index contributed by atoms with van der Waals surface area (Å²) in [5.74, 6) is -1.01. The minimum atomic E-state index is -1.05. The van der Waals surface area contributed by atoms with E-state index in [0.29, 0.717) is 28.5 Å². The number of fused-ring (bicyclic) bond motifs is 1. The van der Waals surface area contributed by atoms with Gasteiger partial charge in [-0.05, 0) is 31.0 Å². The first-order chi connectivity index (χ1) is 10.5. The van der Waals surface area contributed by atoms with Crippen LogP contribution in [0.15, 0.2) is 30.4 Å². The van der Waals surface area contributed by atoms with Crippen LogP contribution in [-0.4, -0.2) is 28.4 Å². The van der Waals surface area contributed by atoms with Crippen LogP contribution < -0.4 is 0 Å². The van der Waals surface area contributed by atoms with Gasteiger partial charge >= 0.3 is 0 Å². The molecule has 116 valence electrons. The highest BCUT2D eigenvalue weighted by Crippen LogP contribution is 2.36. The number of hydrogen-bond acceptors (Lipinski definition) is 3. The number of carbonyl (C=O) groups excluding carboxylic acids is 2. The summed E-state index contributed by atoms with van der Waals surface area (Å²) in [4.78, 5) is 25.9. The Labute approximate surface area is 138 Å². The van der Waals surface area contributed by atoms with Crippen molar-refractivity contribution in [2.24, 2.45) is 11.8 Å². The van der Waals surface area contributed by atoms with Gasteiger partial charge in [0.15, 0.2) is 0 Å². The molecule has 1 N–H and O–H groups in total. The largest absolute Gasteiger partial charge is 0.386 e. The first-order valence-electron chi connectivity index (χ1n) is 7.12. The Bertz CT molecular complexity index is 633. The van der Waals surface area contributed by atoms with Gasteiger partial charge in [0.1, 0.15) is 0 Å². The van der Waals surface area contributed by atoms with E-state index in [1.807, 2.05) is 12.2 Å². The van der Waals surface area contributed by atoms with E-state index in [0.717, 1.165) is 4.90 Å². The molecule has 0 spiro atoms. The molecule has 3 atom stereocenters. The quantitative estimate of drug-likeness (QED) is 0.680. The number of rotatable bonds is 3. The maximum absolute atomic E-state index is 12.4. The molecule has 1 aliphatic carbocycles. The number of hydrogen-bond donors (Lipinski definition) is 1. The Balaban J connectivity index is 1.79. The molecular formula is C16H15Cl2NO3. The Morgan fingerprint density at radius 3 is 2.32 bits per heavy atom. The van der Waals surface area contributed by atoms with Gasteiger partial charge in [-0.2, -0.15) is 0 Å². The normalized spacial score (nSPS) is 25.5. The van der Waals surface area contributed by atoms with Crippen molar-refractivity contribution >= 4 is 35.0 Å². The van der Waals surface area contributed by atoms with Gasteiger partial charge < -0.3 is 5.11 Å². The lowest BCUT2D eigenvalue weighted by atomic mass is 9.85. The van der Waals surface area contributed by atoms with Gasteiger partial charge in [0.2, 0.25) is 11.8 Å². The number of halogens is 2. The van der Waals surface area contributed by atoms with Gasteiger partial charge in [-0.15, -0.1) is 0 Å². The van der Waals surface area contributed by atoms with Gasteiger partial charge in [0.25, 0.3) is 0 Å². The second kappa shape index (κ2) is 6.03. The number of aliphatic hydroxyl groups is 1. The molecule has 0 bridgehead atoms. The number of benzene rings is 1. The fourth-order valence-electron chi connectivity index (χ4n) is 3.09. The van der Waals surface area contributed by atoms with Crippen LogP contribution >= 0.6 is 23.2 Å². The first kappa shape index (κ1) is 15.5. The molecule has 0 radical (unpaired) electrons. The highest BCUT2D eigenvalue weighted by Gasteiger charge is 2.47. The lowest BCUT2D eigenvalue weighted by Gasteiger charge is -2.20. The zero-order valence-corrected chi connectivity index (χ0v) is 13.2. The molecule has 3 rings (SSSR count). The van der Waals surface area contributed by atoms with Crippen molar-refractivity contribution in [1.82, 2.24) is 4.90 Å². The number of nitrogens with zero attached hydrogens (tertiary/aromatic N) is 1. The number of carbonyl (C=O) groups is 2. The smallest absolute Gasteiger partial charge is 0.233 e. The Hall–Kier alpha value is -1.36. The zero-order valence-electron chi connectivity index (χ0n) is 11.7. The topological polar surface area (TPSA) is 57.6 Å². The predicted octanol–water partition coefficient (Wildman–Crippen LogP) is 2.98. The lowest BCUT2D eigenvalue weighted by molar-refractivity contribution is -0.141. The number of imide groups is 1. The van der Waals surface area contributed by atoms with E-state index in [4.69, 9.17) is 23.2 Å². The molecule has 0 saturated carbocycles. The molecule has 1 aromatic rings. The van der Waals surface area contributed by atoms with Crippen LogP contribution in [0.3, 0.4) is 0 Å². The summed E-state index contributed by atoms with van der Waals surface area (Å²) in [6.45, 7) is -0.0925. The van der Waals surface area contributed by atoms with Crippen molar-refractivity contribution in [1.29, 1.82) is 0 Å². The van der Waals surface area contributed by atoms with E-state index >= 15 is 0 Å². The summed E-state index contributed by atoms with van der Waals surface area (Å²) < 4.78 is 0. The van der Waals surface area contributed by atoms with Crippen LogP contribution in [0.5, 0.6) is 0 Å². The maximum Gasteiger partial charge on any atom is 0.233 e. The molecule has 22 heavy (non-hydrogen) atoms. The molecule has 1 aliphatic heterocycles. The van der Waals surface area contributed by atoms with Crippen molar-refractivity contribution in [3.63, 3.8) is 0 Å². The minimum absolute atomic E-state index is 0.0925. The van der Waals surface area contributed by atoms with E-state index in [9.17, 15) is 14.7 Å². The van der Waals surface area contributed by atoms with E-state index < -0.39 is 6.10 Å². The maximum atomic E-state index is 12.4. The predicted molar refractivity (Wildman–Crippen MR) is 83.5 cm³/mol. The molecule has 4 nitrogen and oxygen atoms in total. The number of β-amino-alcohol motifs (C(OH)–C–C–N with tert-alkyl or cyclic N) is 1. The highest BCUT2D eigenvalue weighted by atomic mass is 35.5. The summed E-state index contributed by atoms with van der Waals surface area (Å²) in [5, 5.41) is 11.1. The second-order valence-electron chi connectivity index (χ2n) is 5.62. The van der Waals surface area contributed by atoms with Crippen LogP contribution in [0.4, 0.5) is 0 Å². The van der Waals surface area contributed by atoms with Crippen molar-refractivity contribution in [3.8, 4) is 0 Å². The summed E-state index contributed by atoms with van der Waals surface area (Å²) in [6.07, 6.45) is 3.98. The lowest BCUT2D eigenvalue weighted by Crippen LogP contribution is -2.35. The van der Waals surface area contributed by atoms with Crippen LogP contribution in [0.25, 0.3) is 0 Å². The SMILES string of the molecule is O=C1[C@@H]2CC=CC[C@H]2C(=O)N1C[C@@H](O)c1cc(Cl)ccc1Cl. The average Bonchev–Trinajstić information content (AvgIpc) is 2.75. The third-order valence-electron chi connectivity index (χ3n) is 4.27. The van der Waals surface area contributed by atoms with Crippen LogP contribution in [0.1, 0.15) is 24.5 Å². The van der Waals surface area contributed by atoms with Gasteiger partial charge in [0.05, 0.1) is 24.5 Å². The number of amides is 2. The summed E-state index contributed by atoms with van der Waals surface area (Å²) in [7, 11) is 0. The molecular weight excluding hydrogens is 325 g/mol. The van der Waals surface area contributed by atoms with Crippen molar-refractivity contribution in [3.05, 3.63) is 46.0 Å². The first-order valence-corrected chi connectivity index (χ1v) is 7.88. The van der Waals surface area contributed by atoms with E-state index in [1.54, 1.807) is 18.2 Å². The molecule has 2 amide bonds. The van der Waals surface area contributed by atoms with E-state index in [1.165, 1.54) is 0 Å². The van der Waals surface area contributed by atoms with E-state index in [-0.39, 0.29) is 30.2 Å². The van der Waals surface area contributed by atoms with Crippen molar-refractivity contribution in [2.45, 2.75) is 18.9 Å². The number of allylic oxidation sites excluding steroid dienone is 2. The fraction of sp³-hybridized carbons (Fsp3) is 0.375. The molecule has 1 aromatic carbocycles. The third kappa shape index (κ3) is 2.67. The summed E-state index contributed by atoms with van der Waals surface area (Å²) in [6, 6.07) is 4.75. The minimum Gasteiger partial charge on any atom is -0.386 e. The molecule has 1 saturated heterocycles. The average molecular weight is 340 g/mol. The number of likely N-dealkylation sites (tertiary alicyclic amines) is 1. The molecule has 0 aromatic heterocycles. The number of aliphatic hydroxyl groups excluding tert-OH is 1. The van der Waals surface area contributed by atoms with Crippen molar-refractivity contribution < 1.29 is 14.7 Å². The summed E-state index contributed by atoms with van der Waals surface area (Å²) in [5.41, 5.74) is 0.419. The molecule has 6 heteroatoms. The monoisotopic (exact) mass is 339 g/mol. The molecule has 0 unspecified atom stereocenters. The zero-order chi connectivity index (χ0) is 15.9. The highest BCUT2D eigenvalue weighted by molar-refractivity contribution is 6.33. The van der Waals surface area contributed by atoms with Gasteiger partial charge in [0, 0.05) is 15.6 Å². The second-order valence-corrected chi connectivity index (χ2v) is 6.47. The standard InChI is InChI=1S/C16H15Cl2NO3/c17-9-5-6-13(18)12(7-9)14(20)8-19-15(21)10-3-1-2-4-11(10)16(19)22/h1-2,5-7,10-11,14,20H,3-4,8H2/t10-,11-,14-/m1/s1. The van der Waals surface area contributed by atoms with Gasteiger partial charge in [-0.25, -0.2) is 0 Å². The summed E-state index contributed by atoms with van der Waals surface area (Å²) >= 11 is 12.0. The van der Waals surface area contributed by atoms with E-state index in [2.05, 4.69) is 0 Å². The molecule has 1 fully saturated rings. The molecule has 1 heterocycles. The Kier molecular flexibility index (Phi) is 4.26. The van der Waals surface area contributed by atoms with Gasteiger partial charge in [-0.1, -0.05) is 35.4 Å². The third-order valence-corrected chi connectivity index (χ3v) is 4.85. The Morgan fingerprint density at radius 2 is 1.73 bits per heavy atom.